The minimum absolute atomic E-state index is 0.152. The van der Waals surface area contributed by atoms with E-state index in [1.807, 2.05) is 36.0 Å². The van der Waals surface area contributed by atoms with Gasteiger partial charge in [0.05, 0.1) is 0 Å². The fourth-order valence-corrected chi connectivity index (χ4v) is 3.71. The van der Waals surface area contributed by atoms with Gasteiger partial charge in [0.25, 0.3) is 0 Å². The van der Waals surface area contributed by atoms with Crippen LogP contribution < -0.4 is 5.32 Å². The number of benzene rings is 1. The van der Waals surface area contributed by atoms with Crippen LogP contribution in [0.1, 0.15) is 24.8 Å². The maximum absolute atomic E-state index is 12.0. The summed E-state index contributed by atoms with van der Waals surface area (Å²) in [6.07, 6.45) is 3.03. The van der Waals surface area contributed by atoms with Crippen LogP contribution in [0.4, 0.5) is 5.69 Å². The second kappa shape index (κ2) is 7.19. The van der Waals surface area contributed by atoms with E-state index in [4.69, 9.17) is 0 Å². The first-order chi connectivity index (χ1) is 8.78. The molecule has 4 heteroatoms. The number of rotatable bonds is 4. The summed E-state index contributed by atoms with van der Waals surface area (Å²) >= 11 is 5.42. The summed E-state index contributed by atoms with van der Waals surface area (Å²) < 4.78 is 0. The lowest BCUT2D eigenvalue weighted by Crippen LogP contribution is -2.19. The Labute approximate surface area is 121 Å². The molecule has 2 rings (SSSR count). The Morgan fingerprint density at radius 2 is 2.17 bits per heavy atom. The maximum atomic E-state index is 12.0. The second-order valence-corrected chi connectivity index (χ2v) is 6.43. The molecule has 0 unspecified atom stereocenters. The van der Waals surface area contributed by atoms with Crippen molar-refractivity contribution in [2.24, 2.45) is 5.92 Å². The molecule has 1 amide bonds. The summed E-state index contributed by atoms with van der Waals surface area (Å²) in [6, 6.07) is 7.98. The Bertz CT molecular complexity index is 405. The maximum Gasteiger partial charge on any atom is 0.224 e. The summed E-state index contributed by atoms with van der Waals surface area (Å²) in [5.41, 5.74) is 2.09. The molecule has 0 aliphatic carbocycles. The van der Waals surface area contributed by atoms with Gasteiger partial charge in [0, 0.05) is 17.4 Å². The van der Waals surface area contributed by atoms with Gasteiger partial charge in [0.2, 0.25) is 5.91 Å². The predicted molar refractivity (Wildman–Crippen MR) is 82.4 cm³/mol. The predicted octanol–water partition coefficient (Wildman–Crippen LogP) is 4.05. The number of halogens is 1. The fraction of sp³-hybridized carbons (Fsp3) is 0.500. The van der Waals surface area contributed by atoms with Gasteiger partial charge in [0.1, 0.15) is 0 Å². The van der Waals surface area contributed by atoms with E-state index in [9.17, 15) is 4.79 Å². The molecule has 0 radical (unpaired) electrons. The number of nitrogens with one attached hydrogen (secondary N) is 1. The van der Waals surface area contributed by atoms with Gasteiger partial charge in [0.15, 0.2) is 0 Å². The Kier molecular flexibility index (Phi) is 5.57. The Hall–Kier alpha value is -0.480. The van der Waals surface area contributed by atoms with Crippen LogP contribution in [0.15, 0.2) is 24.3 Å². The van der Waals surface area contributed by atoms with Gasteiger partial charge in [-0.3, -0.25) is 4.79 Å². The van der Waals surface area contributed by atoms with Crippen molar-refractivity contribution in [3.8, 4) is 0 Å². The average Bonchev–Trinajstić information content (AvgIpc) is 2.40. The third-order valence-electron chi connectivity index (χ3n) is 3.18. The molecule has 1 aliphatic rings. The highest BCUT2D eigenvalue weighted by molar-refractivity contribution is 9.08. The number of hydrogen-bond donors (Lipinski definition) is 1. The van der Waals surface area contributed by atoms with Crippen molar-refractivity contribution in [3.63, 3.8) is 0 Å². The summed E-state index contributed by atoms with van der Waals surface area (Å²) in [5.74, 6) is 3.14. The topological polar surface area (TPSA) is 29.1 Å². The quantitative estimate of drug-likeness (QED) is 0.845. The van der Waals surface area contributed by atoms with Crippen LogP contribution in [0.5, 0.6) is 0 Å². The number of hydrogen-bond acceptors (Lipinski definition) is 2. The van der Waals surface area contributed by atoms with E-state index >= 15 is 0 Å². The minimum atomic E-state index is 0.152. The van der Waals surface area contributed by atoms with Crippen molar-refractivity contribution in [2.75, 3.05) is 16.8 Å². The zero-order chi connectivity index (χ0) is 12.8. The van der Waals surface area contributed by atoms with Crippen LogP contribution in [0.2, 0.25) is 0 Å². The molecule has 0 saturated carbocycles. The second-order valence-electron chi connectivity index (χ2n) is 4.64. The molecule has 1 aliphatic heterocycles. The first-order valence-corrected chi connectivity index (χ1v) is 8.58. The molecular formula is C14H18BrNOS. The van der Waals surface area contributed by atoms with Gasteiger partial charge in [-0.05, 0) is 48.0 Å². The SMILES string of the molecule is O=C(CC1CCSCC1)Nc1cccc(CBr)c1. The molecule has 18 heavy (non-hydrogen) atoms. The van der Waals surface area contributed by atoms with Gasteiger partial charge >= 0.3 is 0 Å². The first kappa shape index (κ1) is 13.9. The smallest absolute Gasteiger partial charge is 0.224 e. The lowest BCUT2D eigenvalue weighted by molar-refractivity contribution is -0.117. The molecule has 98 valence electrons. The van der Waals surface area contributed by atoms with Gasteiger partial charge in [-0.2, -0.15) is 11.8 Å². The van der Waals surface area contributed by atoms with E-state index in [0.29, 0.717) is 12.3 Å². The van der Waals surface area contributed by atoms with Crippen molar-refractivity contribution < 1.29 is 4.79 Å². The number of carbonyl (C=O) groups is 1. The van der Waals surface area contributed by atoms with Crippen LogP contribution in [0.3, 0.4) is 0 Å². The average molecular weight is 328 g/mol. The molecule has 0 atom stereocenters. The standard InChI is InChI=1S/C14H18BrNOS/c15-10-12-2-1-3-13(8-12)16-14(17)9-11-4-6-18-7-5-11/h1-3,8,11H,4-7,9-10H2,(H,16,17). The summed E-state index contributed by atoms with van der Waals surface area (Å²) in [7, 11) is 0. The molecule has 1 heterocycles. The van der Waals surface area contributed by atoms with Crippen LogP contribution in [-0.2, 0) is 10.1 Å². The number of amides is 1. The number of alkyl halides is 1. The molecule has 2 nitrogen and oxygen atoms in total. The number of thioether (sulfide) groups is 1. The van der Waals surface area contributed by atoms with Crippen LogP contribution in [0, 0.1) is 5.92 Å². The van der Waals surface area contributed by atoms with E-state index in [1.165, 1.54) is 29.9 Å². The molecule has 1 aromatic carbocycles. The van der Waals surface area contributed by atoms with E-state index in [-0.39, 0.29) is 5.91 Å². The molecule has 1 N–H and O–H groups in total. The van der Waals surface area contributed by atoms with E-state index in [0.717, 1.165) is 11.0 Å². The van der Waals surface area contributed by atoms with Gasteiger partial charge in [-0.1, -0.05) is 28.1 Å². The largest absolute Gasteiger partial charge is 0.326 e. The zero-order valence-corrected chi connectivity index (χ0v) is 12.7. The highest BCUT2D eigenvalue weighted by Gasteiger charge is 2.17. The number of carbonyl (C=O) groups excluding carboxylic acids is 1. The van der Waals surface area contributed by atoms with Crippen molar-refractivity contribution in [1.29, 1.82) is 0 Å². The monoisotopic (exact) mass is 327 g/mol. The molecular weight excluding hydrogens is 310 g/mol. The number of anilines is 1. The molecule has 0 bridgehead atoms. The Morgan fingerprint density at radius 3 is 2.89 bits per heavy atom. The highest BCUT2D eigenvalue weighted by Crippen LogP contribution is 2.25. The van der Waals surface area contributed by atoms with Crippen molar-refractivity contribution >= 4 is 39.3 Å². The fourth-order valence-electron chi connectivity index (χ4n) is 2.16. The summed E-state index contributed by atoms with van der Waals surface area (Å²) in [4.78, 5) is 12.0. The normalized spacial score (nSPS) is 16.5. The van der Waals surface area contributed by atoms with Crippen LogP contribution in [0.25, 0.3) is 0 Å². The Balaban J connectivity index is 1.85. The molecule has 1 saturated heterocycles. The van der Waals surface area contributed by atoms with Crippen molar-refractivity contribution in [2.45, 2.75) is 24.6 Å². The summed E-state index contributed by atoms with van der Waals surface area (Å²) in [6.45, 7) is 0. The minimum Gasteiger partial charge on any atom is -0.326 e. The van der Waals surface area contributed by atoms with Crippen LogP contribution >= 0.6 is 27.7 Å². The third-order valence-corrected chi connectivity index (χ3v) is 4.88. The third kappa shape index (κ3) is 4.32. The van der Waals surface area contributed by atoms with Gasteiger partial charge in [-0.15, -0.1) is 0 Å². The molecule has 0 aromatic heterocycles. The lowest BCUT2D eigenvalue weighted by Gasteiger charge is -2.20. The zero-order valence-electron chi connectivity index (χ0n) is 10.3. The van der Waals surface area contributed by atoms with E-state index in [1.54, 1.807) is 0 Å². The first-order valence-electron chi connectivity index (χ1n) is 6.30. The lowest BCUT2D eigenvalue weighted by atomic mass is 9.98. The molecule has 0 spiro atoms. The highest BCUT2D eigenvalue weighted by atomic mass is 79.9. The van der Waals surface area contributed by atoms with Gasteiger partial charge in [-0.25, -0.2) is 0 Å². The van der Waals surface area contributed by atoms with Crippen molar-refractivity contribution in [3.05, 3.63) is 29.8 Å². The van der Waals surface area contributed by atoms with Crippen LogP contribution in [-0.4, -0.2) is 17.4 Å². The Morgan fingerprint density at radius 1 is 1.39 bits per heavy atom. The summed E-state index contributed by atoms with van der Waals surface area (Å²) in [5, 5.41) is 3.81. The van der Waals surface area contributed by atoms with E-state index in [2.05, 4.69) is 21.2 Å². The van der Waals surface area contributed by atoms with Gasteiger partial charge < -0.3 is 5.32 Å². The van der Waals surface area contributed by atoms with Crippen molar-refractivity contribution in [1.82, 2.24) is 0 Å². The molecule has 1 fully saturated rings. The molecule has 1 aromatic rings. The van der Waals surface area contributed by atoms with E-state index < -0.39 is 0 Å².